The van der Waals surface area contributed by atoms with Crippen LogP contribution in [0.15, 0.2) is 36.9 Å². The number of piperazine rings is 1. The summed E-state index contributed by atoms with van der Waals surface area (Å²) in [6.45, 7) is 4.22. The lowest BCUT2D eigenvalue weighted by molar-refractivity contribution is -0.136. The highest BCUT2D eigenvalue weighted by Crippen LogP contribution is 2.37. The Morgan fingerprint density at radius 1 is 1.06 bits per heavy atom. The van der Waals surface area contributed by atoms with Crippen molar-refractivity contribution in [2.45, 2.75) is 69.3 Å². The average molecular weight is 462 g/mol. The van der Waals surface area contributed by atoms with Crippen LogP contribution in [0.4, 0.5) is 0 Å². The highest BCUT2D eigenvalue weighted by molar-refractivity contribution is 5.79. The van der Waals surface area contributed by atoms with Gasteiger partial charge in [0.2, 0.25) is 5.91 Å². The van der Waals surface area contributed by atoms with Crippen LogP contribution < -0.4 is 0 Å². The zero-order valence-corrected chi connectivity index (χ0v) is 20.1. The molecule has 4 atom stereocenters. The van der Waals surface area contributed by atoms with Gasteiger partial charge in [-0.15, -0.1) is 0 Å². The Morgan fingerprint density at radius 2 is 1.91 bits per heavy atom. The summed E-state index contributed by atoms with van der Waals surface area (Å²) in [5, 5.41) is 0. The summed E-state index contributed by atoms with van der Waals surface area (Å²) in [5.41, 5.74) is 4.92. The van der Waals surface area contributed by atoms with Gasteiger partial charge in [0.05, 0.1) is 12.6 Å². The van der Waals surface area contributed by atoms with Crippen LogP contribution in [0.25, 0.3) is 11.1 Å². The fraction of sp³-hybridized carbons (Fsp3) is 0.593. The number of likely N-dealkylation sites (tertiary alicyclic amines) is 2. The van der Waals surface area contributed by atoms with E-state index in [9.17, 15) is 4.79 Å². The van der Waals surface area contributed by atoms with Gasteiger partial charge in [0, 0.05) is 69.4 Å². The van der Waals surface area contributed by atoms with Crippen molar-refractivity contribution < 1.29 is 9.53 Å². The number of ether oxygens (including phenoxy) is 1. The molecule has 1 amide bonds. The maximum atomic E-state index is 13.3. The lowest BCUT2D eigenvalue weighted by Crippen LogP contribution is -2.57. The molecule has 6 rings (SSSR count). The van der Waals surface area contributed by atoms with Crippen LogP contribution in [0.2, 0.25) is 0 Å². The molecule has 4 aliphatic rings. The quantitative estimate of drug-likeness (QED) is 0.682. The van der Waals surface area contributed by atoms with E-state index in [4.69, 9.17) is 4.74 Å². The Morgan fingerprint density at radius 3 is 2.71 bits per heavy atom. The summed E-state index contributed by atoms with van der Waals surface area (Å²) >= 11 is 0. The zero-order chi connectivity index (χ0) is 23.1. The Kier molecular flexibility index (Phi) is 6.09. The van der Waals surface area contributed by atoms with Gasteiger partial charge in [-0.1, -0.05) is 31.0 Å². The van der Waals surface area contributed by atoms with Crippen LogP contribution in [0.3, 0.4) is 0 Å². The molecule has 180 valence electrons. The van der Waals surface area contributed by atoms with E-state index in [0.29, 0.717) is 36.7 Å². The lowest BCUT2D eigenvalue weighted by atomic mass is 9.90. The number of carbonyl (C=O) groups is 1. The summed E-state index contributed by atoms with van der Waals surface area (Å²) in [6, 6.07) is 8.05. The molecule has 3 fully saturated rings. The van der Waals surface area contributed by atoms with Gasteiger partial charge in [-0.3, -0.25) is 14.6 Å². The number of benzene rings is 1. The molecule has 0 radical (unpaired) electrons. The Labute approximate surface area is 202 Å². The van der Waals surface area contributed by atoms with E-state index in [-0.39, 0.29) is 0 Å². The van der Waals surface area contributed by atoms with Crippen LogP contribution in [-0.4, -0.2) is 88.1 Å². The molecule has 7 nitrogen and oxygen atoms in total. The molecule has 2 saturated heterocycles. The summed E-state index contributed by atoms with van der Waals surface area (Å²) in [6.07, 6.45) is 12.7. The Bertz CT molecular complexity index is 1030. The fourth-order valence-electron chi connectivity index (χ4n) is 6.80. The highest BCUT2D eigenvalue weighted by Gasteiger charge is 2.49. The summed E-state index contributed by atoms with van der Waals surface area (Å²) < 4.78 is 5.82. The van der Waals surface area contributed by atoms with E-state index in [1.807, 2.05) is 19.5 Å². The lowest BCUT2D eigenvalue weighted by Gasteiger charge is -2.43. The predicted molar refractivity (Wildman–Crippen MR) is 130 cm³/mol. The Balaban J connectivity index is 1.06. The molecule has 1 aliphatic carbocycles. The number of fused-ring (bicyclic) bond motifs is 3. The molecule has 7 heteroatoms. The van der Waals surface area contributed by atoms with Gasteiger partial charge in [-0.05, 0) is 42.4 Å². The van der Waals surface area contributed by atoms with Crippen molar-refractivity contribution in [3.8, 4) is 11.1 Å². The van der Waals surface area contributed by atoms with Crippen molar-refractivity contribution in [3.63, 3.8) is 0 Å². The monoisotopic (exact) mass is 461 g/mol. The number of rotatable bonds is 5. The smallest absolute Gasteiger partial charge is 0.237 e. The van der Waals surface area contributed by atoms with E-state index in [1.54, 1.807) is 6.33 Å². The van der Waals surface area contributed by atoms with Gasteiger partial charge in [-0.2, -0.15) is 0 Å². The van der Waals surface area contributed by atoms with Crippen molar-refractivity contribution >= 4 is 5.91 Å². The summed E-state index contributed by atoms with van der Waals surface area (Å²) in [5.74, 6) is 0.306. The molecular weight excluding hydrogens is 426 g/mol. The second-order valence-electron chi connectivity index (χ2n) is 10.5. The van der Waals surface area contributed by atoms with Crippen molar-refractivity contribution in [1.82, 2.24) is 24.7 Å². The molecule has 1 aromatic heterocycles. The molecule has 1 saturated carbocycles. The SMILES string of the molecule is COC1CCCC[C@@H]1N1CC2C[C@H]1CN2C(=O)CN1CCc2cc(-c3cncnc3)ccc2C1. The first-order valence-electron chi connectivity index (χ1n) is 12.9. The molecule has 1 aromatic carbocycles. The zero-order valence-electron chi connectivity index (χ0n) is 20.1. The largest absolute Gasteiger partial charge is 0.380 e. The minimum atomic E-state index is 0.306. The summed E-state index contributed by atoms with van der Waals surface area (Å²) in [7, 11) is 1.86. The highest BCUT2D eigenvalue weighted by atomic mass is 16.5. The van der Waals surface area contributed by atoms with E-state index in [1.165, 1.54) is 36.8 Å². The molecule has 2 aromatic rings. The van der Waals surface area contributed by atoms with Crippen molar-refractivity contribution in [2.75, 3.05) is 33.3 Å². The van der Waals surface area contributed by atoms with Crippen LogP contribution in [-0.2, 0) is 22.5 Å². The van der Waals surface area contributed by atoms with E-state index >= 15 is 0 Å². The van der Waals surface area contributed by atoms with E-state index in [0.717, 1.165) is 50.1 Å². The van der Waals surface area contributed by atoms with E-state index < -0.39 is 0 Å². The first-order chi connectivity index (χ1) is 16.7. The molecule has 34 heavy (non-hydrogen) atoms. The number of carbonyl (C=O) groups excluding carboxylic acids is 1. The summed E-state index contributed by atoms with van der Waals surface area (Å²) in [4.78, 5) is 28.7. The Hall–Kier alpha value is -2.35. The third kappa shape index (κ3) is 4.14. The van der Waals surface area contributed by atoms with Gasteiger partial charge in [0.15, 0.2) is 0 Å². The molecular formula is C27H35N5O2. The molecule has 0 N–H and O–H groups in total. The molecule has 2 bridgehead atoms. The molecule has 0 spiro atoms. The number of nitrogens with zero attached hydrogens (tertiary/aromatic N) is 5. The topological polar surface area (TPSA) is 61.8 Å². The molecule has 4 heterocycles. The second kappa shape index (κ2) is 9.36. The average Bonchev–Trinajstić information content (AvgIpc) is 3.50. The van der Waals surface area contributed by atoms with Crippen LogP contribution >= 0.6 is 0 Å². The third-order valence-corrected chi connectivity index (χ3v) is 8.55. The van der Waals surface area contributed by atoms with E-state index in [2.05, 4.69) is 42.9 Å². The number of hydrogen-bond donors (Lipinski definition) is 0. The number of aromatic nitrogens is 2. The minimum absolute atomic E-state index is 0.306. The van der Waals surface area contributed by atoms with Crippen molar-refractivity contribution in [3.05, 3.63) is 48.0 Å². The third-order valence-electron chi connectivity index (χ3n) is 8.55. The van der Waals surface area contributed by atoms with Gasteiger partial charge >= 0.3 is 0 Å². The van der Waals surface area contributed by atoms with Gasteiger partial charge < -0.3 is 9.64 Å². The molecule has 2 unspecified atom stereocenters. The second-order valence-corrected chi connectivity index (χ2v) is 10.5. The number of methoxy groups -OCH3 is 1. The van der Waals surface area contributed by atoms with Crippen LogP contribution in [0.5, 0.6) is 0 Å². The maximum absolute atomic E-state index is 13.3. The van der Waals surface area contributed by atoms with Crippen molar-refractivity contribution in [1.29, 1.82) is 0 Å². The normalized spacial score (nSPS) is 29.4. The minimum Gasteiger partial charge on any atom is -0.380 e. The maximum Gasteiger partial charge on any atom is 0.237 e. The van der Waals surface area contributed by atoms with Crippen molar-refractivity contribution in [2.24, 2.45) is 0 Å². The fourth-order valence-corrected chi connectivity index (χ4v) is 6.80. The van der Waals surface area contributed by atoms with Gasteiger partial charge in [0.1, 0.15) is 6.33 Å². The van der Waals surface area contributed by atoms with Crippen LogP contribution in [0.1, 0.15) is 43.2 Å². The molecule has 3 aliphatic heterocycles. The number of hydrogen-bond acceptors (Lipinski definition) is 6. The van der Waals surface area contributed by atoms with Gasteiger partial charge in [0.25, 0.3) is 0 Å². The predicted octanol–water partition coefficient (Wildman–Crippen LogP) is 2.74. The first kappa shape index (κ1) is 22.1. The van der Waals surface area contributed by atoms with Crippen LogP contribution in [0, 0.1) is 0 Å². The van der Waals surface area contributed by atoms with Gasteiger partial charge in [-0.25, -0.2) is 9.97 Å². The number of amides is 1. The first-order valence-corrected chi connectivity index (χ1v) is 12.9. The standard InChI is InChI=1S/C27H35N5O2/c1-34-26-5-3-2-4-25(26)31-15-24-11-23(31)16-32(24)27(33)17-30-9-8-20-10-19(6-7-21(20)14-30)22-12-28-18-29-13-22/h6-7,10,12-13,18,23-26H,2-5,8-9,11,14-17H2,1H3/t23-,24?,25-,26?/m0/s1.